The van der Waals surface area contributed by atoms with Gasteiger partial charge in [-0.3, -0.25) is 4.98 Å². The molecule has 4 nitrogen and oxygen atoms in total. The highest BCUT2D eigenvalue weighted by Gasteiger charge is 2.46. The molecule has 3 heterocycles. The number of fused-ring (bicyclic) bond motifs is 6. The average Bonchev–Trinajstić information content (AvgIpc) is 3.88. The fraction of sp³-hybridized carbons (Fsp3) is 0.0172. The van der Waals surface area contributed by atoms with Gasteiger partial charge in [-0.25, -0.2) is 9.97 Å². The molecule has 0 aliphatic heterocycles. The minimum atomic E-state index is -0.522. The molecule has 290 valence electrons. The number of hydrogen-bond acceptors (Lipinski definition) is 4. The molecule has 62 heavy (non-hydrogen) atoms. The van der Waals surface area contributed by atoms with Gasteiger partial charge in [0.2, 0.25) is 0 Å². The minimum Gasteiger partial charge on any atom is -0.456 e. The number of para-hydroxylation sites is 1. The fourth-order valence-corrected chi connectivity index (χ4v) is 9.54. The monoisotopic (exact) mass is 791 g/mol. The summed E-state index contributed by atoms with van der Waals surface area (Å²) in [6.45, 7) is 0. The summed E-state index contributed by atoms with van der Waals surface area (Å²) in [4.78, 5) is 15.2. The maximum Gasteiger partial charge on any atom is 0.160 e. The van der Waals surface area contributed by atoms with E-state index < -0.39 is 5.41 Å². The molecule has 1 aliphatic carbocycles. The molecule has 0 unspecified atom stereocenters. The molecule has 0 N–H and O–H groups in total. The first-order chi connectivity index (χ1) is 30.7. The SMILES string of the molecule is c1ccc(C2(c3ccccc3)c3ccccc3-c3ccc(-c4cc(-c5ccc(-c6ccc7oc8ccccc8c7c6)cc5)nc(-c5ccc(-c6ccccn6)cc5)n4)cc32)cc1. The molecule has 4 heteroatoms. The molecule has 12 rings (SSSR count). The van der Waals surface area contributed by atoms with E-state index in [2.05, 4.69) is 193 Å². The molecule has 11 aromatic rings. The Balaban J connectivity index is 1.01. The van der Waals surface area contributed by atoms with E-state index in [-0.39, 0.29) is 0 Å². The number of aromatic nitrogens is 3. The van der Waals surface area contributed by atoms with Crippen molar-refractivity contribution in [1.29, 1.82) is 0 Å². The second kappa shape index (κ2) is 14.5. The van der Waals surface area contributed by atoms with Crippen LogP contribution in [0.2, 0.25) is 0 Å². The van der Waals surface area contributed by atoms with Crippen molar-refractivity contribution in [3.63, 3.8) is 0 Å². The van der Waals surface area contributed by atoms with Gasteiger partial charge >= 0.3 is 0 Å². The largest absolute Gasteiger partial charge is 0.456 e. The van der Waals surface area contributed by atoms with Gasteiger partial charge in [0.15, 0.2) is 5.82 Å². The van der Waals surface area contributed by atoms with Crippen molar-refractivity contribution in [2.75, 3.05) is 0 Å². The van der Waals surface area contributed by atoms with E-state index in [4.69, 9.17) is 14.4 Å². The Labute approximate surface area is 359 Å². The van der Waals surface area contributed by atoms with E-state index in [1.54, 1.807) is 0 Å². The summed E-state index contributed by atoms with van der Waals surface area (Å²) in [7, 11) is 0. The number of pyridine rings is 1. The topological polar surface area (TPSA) is 51.8 Å². The van der Waals surface area contributed by atoms with Crippen LogP contribution in [0.1, 0.15) is 22.3 Å². The Kier molecular flexibility index (Phi) is 8.36. The van der Waals surface area contributed by atoms with E-state index in [1.807, 2.05) is 36.5 Å². The molecule has 1 aliphatic rings. The third-order valence-corrected chi connectivity index (χ3v) is 12.5. The lowest BCUT2D eigenvalue weighted by molar-refractivity contribution is 0.669. The molecule has 0 bridgehead atoms. The van der Waals surface area contributed by atoms with E-state index in [0.29, 0.717) is 5.82 Å². The van der Waals surface area contributed by atoms with Crippen molar-refractivity contribution >= 4 is 21.9 Å². The maximum atomic E-state index is 6.12. The van der Waals surface area contributed by atoms with E-state index in [9.17, 15) is 0 Å². The van der Waals surface area contributed by atoms with Crippen LogP contribution in [-0.4, -0.2) is 15.0 Å². The fourth-order valence-electron chi connectivity index (χ4n) is 9.54. The lowest BCUT2D eigenvalue weighted by Crippen LogP contribution is -2.28. The van der Waals surface area contributed by atoms with Gasteiger partial charge in [0.25, 0.3) is 0 Å². The minimum absolute atomic E-state index is 0.522. The van der Waals surface area contributed by atoms with Crippen LogP contribution in [-0.2, 0) is 5.41 Å². The van der Waals surface area contributed by atoms with Crippen molar-refractivity contribution in [3.05, 3.63) is 247 Å². The number of furan rings is 1. The Hall–Kier alpha value is -8.21. The highest BCUT2D eigenvalue weighted by molar-refractivity contribution is 6.06. The lowest BCUT2D eigenvalue weighted by Gasteiger charge is -2.34. The van der Waals surface area contributed by atoms with Crippen LogP contribution in [0, 0.1) is 0 Å². The summed E-state index contributed by atoms with van der Waals surface area (Å²) in [6, 6.07) is 77.4. The van der Waals surface area contributed by atoms with E-state index >= 15 is 0 Å². The number of nitrogens with zero attached hydrogens (tertiary/aromatic N) is 3. The van der Waals surface area contributed by atoms with Crippen molar-refractivity contribution in [3.8, 4) is 67.4 Å². The number of rotatable bonds is 7. The van der Waals surface area contributed by atoms with E-state index in [1.165, 1.54) is 33.4 Å². The molecular formula is C58H37N3O. The van der Waals surface area contributed by atoms with Gasteiger partial charge in [0.05, 0.1) is 22.5 Å². The predicted molar refractivity (Wildman–Crippen MR) is 252 cm³/mol. The van der Waals surface area contributed by atoms with Gasteiger partial charge in [-0.1, -0.05) is 176 Å². The molecule has 3 aromatic heterocycles. The molecule has 8 aromatic carbocycles. The Bertz CT molecular complexity index is 3390. The standard InChI is InChI=1S/C58H37N3O/c1-3-13-44(14-4-1)58(45-15-5-2-6-16-45)50-19-9-7-17-46(50)47-32-30-43(36-51(47)58)54-37-53(60-57(61-54)41-28-26-39(27-29-41)52-20-11-12-34-59-52)40-24-22-38(23-25-40)42-31-33-56-49(35-42)48-18-8-10-21-55(48)62-56/h1-37H. The maximum absolute atomic E-state index is 6.12. The third-order valence-electron chi connectivity index (χ3n) is 12.5. The molecule has 0 saturated carbocycles. The first kappa shape index (κ1) is 35.7. The van der Waals surface area contributed by atoms with Gasteiger partial charge in [-0.2, -0.15) is 0 Å². The van der Waals surface area contributed by atoms with Crippen LogP contribution >= 0.6 is 0 Å². The summed E-state index contributed by atoms with van der Waals surface area (Å²) in [6.07, 6.45) is 1.82. The summed E-state index contributed by atoms with van der Waals surface area (Å²) in [5, 5.41) is 2.23. The first-order valence-corrected chi connectivity index (χ1v) is 21.0. The van der Waals surface area contributed by atoms with Crippen LogP contribution in [0.15, 0.2) is 229 Å². The molecule has 0 amide bonds. The van der Waals surface area contributed by atoms with Crippen LogP contribution in [0.4, 0.5) is 0 Å². The first-order valence-electron chi connectivity index (χ1n) is 21.0. The molecule has 0 saturated heterocycles. The van der Waals surface area contributed by atoms with Crippen LogP contribution in [0.25, 0.3) is 89.4 Å². The molecule has 0 atom stereocenters. The normalized spacial score (nSPS) is 12.6. The van der Waals surface area contributed by atoms with Gasteiger partial charge in [-0.05, 0) is 87.0 Å². The Morgan fingerprint density at radius 2 is 0.903 bits per heavy atom. The Morgan fingerprint density at radius 1 is 0.339 bits per heavy atom. The zero-order valence-electron chi connectivity index (χ0n) is 33.6. The highest BCUT2D eigenvalue weighted by Crippen LogP contribution is 2.56. The van der Waals surface area contributed by atoms with Gasteiger partial charge in [0, 0.05) is 39.2 Å². The zero-order valence-corrected chi connectivity index (χ0v) is 33.6. The van der Waals surface area contributed by atoms with Gasteiger partial charge in [0.1, 0.15) is 11.2 Å². The number of hydrogen-bond donors (Lipinski definition) is 0. The second-order valence-electron chi connectivity index (χ2n) is 15.9. The zero-order chi connectivity index (χ0) is 41.0. The summed E-state index contributed by atoms with van der Waals surface area (Å²) in [5.74, 6) is 0.660. The van der Waals surface area contributed by atoms with Crippen molar-refractivity contribution < 1.29 is 4.42 Å². The smallest absolute Gasteiger partial charge is 0.160 e. The summed E-state index contributed by atoms with van der Waals surface area (Å²) in [5.41, 5.74) is 17.6. The van der Waals surface area contributed by atoms with E-state index in [0.717, 1.165) is 72.4 Å². The van der Waals surface area contributed by atoms with Crippen LogP contribution in [0.5, 0.6) is 0 Å². The highest BCUT2D eigenvalue weighted by atomic mass is 16.3. The lowest BCUT2D eigenvalue weighted by atomic mass is 9.67. The van der Waals surface area contributed by atoms with Crippen molar-refractivity contribution in [2.45, 2.75) is 5.41 Å². The predicted octanol–water partition coefficient (Wildman–Crippen LogP) is 14.5. The van der Waals surface area contributed by atoms with Gasteiger partial charge in [-0.15, -0.1) is 0 Å². The summed E-state index contributed by atoms with van der Waals surface area (Å²) < 4.78 is 6.12. The molecule has 0 radical (unpaired) electrons. The van der Waals surface area contributed by atoms with Crippen molar-refractivity contribution in [1.82, 2.24) is 15.0 Å². The van der Waals surface area contributed by atoms with Crippen LogP contribution in [0.3, 0.4) is 0 Å². The molecular weight excluding hydrogens is 755 g/mol. The Morgan fingerprint density at radius 3 is 1.65 bits per heavy atom. The number of benzene rings is 8. The second-order valence-corrected chi connectivity index (χ2v) is 15.9. The quantitative estimate of drug-likeness (QED) is 0.161. The molecule has 0 fully saturated rings. The van der Waals surface area contributed by atoms with Gasteiger partial charge < -0.3 is 4.42 Å². The average molecular weight is 792 g/mol. The third kappa shape index (κ3) is 5.80. The molecule has 0 spiro atoms. The van der Waals surface area contributed by atoms with Crippen LogP contribution < -0.4 is 0 Å². The van der Waals surface area contributed by atoms with Crippen molar-refractivity contribution in [2.24, 2.45) is 0 Å². The summed E-state index contributed by atoms with van der Waals surface area (Å²) >= 11 is 0.